The van der Waals surface area contributed by atoms with E-state index < -0.39 is 0 Å². The van der Waals surface area contributed by atoms with E-state index in [-0.39, 0.29) is 42.1 Å². The van der Waals surface area contributed by atoms with Gasteiger partial charge in [0.1, 0.15) is 0 Å². The monoisotopic (exact) mass is 506 g/mol. The molecular weight excluding hydrogens is 498 g/mol. The maximum Gasteiger partial charge on any atom is 0 e. The average molecular weight is 506 g/mol. The number of thiophene rings is 1. The summed E-state index contributed by atoms with van der Waals surface area (Å²) in [6, 6.07) is 2.22. The second-order valence-electron chi connectivity index (χ2n) is 2.22. The van der Waals surface area contributed by atoms with Crippen LogP contribution < -0.4 is 0 Å². The standard InChI is InChI=1S/C7H8NS.2W/c1-3-8-5-7-6(1)2-4-9-7;;/h2,4H,1,3,5H2;;/q-1;;. The molecule has 1 aromatic heterocycles. The Hall–Kier alpha value is 1.04. The second kappa shape index (κ2) is 5.64. The van der Waals surface area contributed by atoms with Crippen LogP contribution in [0.1, 0.15) is 10.4 Å². The molecule has 1 aromatic rings. The Balaban J connectivity index is 0.000000500. The van der Waals surface area contributed by atoms with Crippen LogP contribution in [0.2, 0.25) is 0 Å². The predicted octanol–water partition coefficient (Wildman–Crippen LogP) is 2.17. The Morgan fingerprint density at radius 1 is 1.36 bits per heavy atom. The van der Waals surface area contributed by atoms with Gasteiger partial charge < -0.3 is 5.32 Å². The first-order valence-electron chi connectivity index (χ1n) is 3.15. The minimum Gasteiger partial charge on any atom is -0.658 e. The van der Waals surface area contributed by atoms with Crippen molar-refractivity contribution >= 4 is 11.3 Å². The molecule has 0 unspecified atom stereocenters. The van der Waals surface area contributed by atoms with Crippen molar-refractivity contribution in [1.29, 1.82) is 0 Å². The summed E-state index contributed by atoms with van der Waals surface area (Å²) < 4.78 is 0. The van der Waals surface area contributed by atoms with E-state index in [0.29, 0.717) is 0 Å². The molecule has 1 aliphatic heterocycles. The molecule has 0 bridgehead atoms. The molecule has 0 aliphatic carbocycles. The number of fused-ring (bicyclic) bond motifs is 1. The van der Waals surface area contributed by atoms with Gasteiger partial charge in [0.05, 0.1) is 0 Å². The van der Waals surface area contributed by atoms with Gasteiger partial charge in [0, 0.05) is 42.1 Å². The Bertz CT molecular complexity index is 191. The predicted molar refractivity (Wildman–Crippen MR) is 40.0 cm³/mol. The van der Waals surface area contributed by atoms with Crippen molar-refractivity contribution in [2.75, 3.05) is 6.54 Å². The molecule has 0 spiro atoms. The molecule has 2 heterocycles. The minimum absolute atomic E-state index is 0. The van der Waals surface area contributed by atoms with Crippen molar-refractivity contribution in [3.05, 3.63) is 27.2 Å². The van der Waals surface area contributed by atoms with Gasteiger partial charge in [-0.3, -0.25) is 0 Å². The Labute approximate surface area is 99.5 Å². The van der Waals surface area contributed by atoms with Gasteiger partial charge in [-0.15, -0.1) is 13.1 Å². The van der Waals surface area contributed by atoms with Crippen molar-refractivity contribution in [2.45, 2.75) is 13.0 Å². The minimum atomic E-state index is 0. The van der Waals surface area contributed by atoms with E-state index in [2.05, 4.69) is 16.8 Å². The van der Waals surface area contributed by atoms with E-state index in [1.54, 1.807) is 0 Å². The fourth-order valence-electron chi connectivity index (χ4n) is 1.11. The molecule has 0 saturated heterocycles. The zero-order valence-corrected chi connectivity index (χ0v) is 12.6. The van der Waals surface area contributed by atoms with Crippen molar-refractivity contribution in [1.82, 2.24) is 0 Å². The Morgan fingerprint density at radius 3 is 2.91 bits per heavy atom. The summed E-state index contributed by atoms with van der Waals surface area (Å²) in [7, 11) is 0. The van der Waals surface area contributed by atoms with Gasteiger partial charge in [-0.05, 0) is 28.3 Å². The molecule has 0 saturated carbocycles. The summed E-state index contributed by atoms with van der Waals surface area (Å²) >= 11 is 1.83. The van der Waals surface area contributed by atoms with E-state index in [0.717, 1.165) is 13.1 Å². The van der Waals surface area contributed by atoms with Crippen LogP contribution in [0.15, 0.2) is 11.4 Å². The van der Waals surface area contributed by atoms with E-state index in [4.69, 9.17) is 0 Å². The van der Waals surface area contributed by atoms with Crippen LogP contribution in [0, 0.1) is 0 Å². The molecule has 1 nitrogen and oxygen atoms in total. The third-order valence-electron chi connectivity index (χ3n) is 1.63. The van der Waals surface area contributed by atoms with E-state index in [1.807, 2.05) is 11.3 Å². The molecule has 2 rings (SSSR count). The quantitative estimate of drug-likeness (QED) is 0.513. The first-order valence-corrected chi connectivity index (χ1v) is 4.03. The largest absolute Gasteiger partial charge is 0.658 e. The molecule has 4 heteroatoms. The van der Waals surface area contributed by atoms with Gasteiger partial charge >= 0.3 is 0 Å². The van der Waals surface area contributed by atoms with Crippen LogP contribution >= 0.6 is 11.3 Å². The van der Waals surface area contributed by atoms with Crippen molar-refractivity contribution in [2.24, 2.45) is 0 Å². The molecule has 0 aromatic carbocycles. The van der Waals surface area contributed by atoms with Gasteiger partial charge in [-0.25, -0.2) is 0 Å². The molecule has 11 heavy (non-hydrogen) atoms. The van der Waals surface area contributed by atoms with E-state index in [9.17, 15) is 0 Å². The van der Waals surface area contributed by atoms with E-state index in [1.165, 1.54) is 16.9 Å². The summed E-state index contributed by atoms with van der Waals surface area (Å²) in [6.07, 6.45) is 1.17. The fraction of sp³-hybridized carbons (Fsp3) is 0.429. The molecule has 0 radical (unpaired) electrons. The SMILES string of the molecule is [W].[W].c1cc2c(s1)C[N-]CC2. The number of hydrogen-bond donors (Lipinski definition) is 0. The average Bonchev–Trinajstić information content (AvgIpc) is 2.33. The zero-order valence-electron chi connectivity index (χ0n) is 5.95. The number of rotatable bonds is 0. The van der Waals surface area contributed by atoms with Gasteiger partial charge in [0.2, 0.25) is 0 Å². The van der Waals surface area contributed by atoms with Crippen molar-refractivity contribution < 1.29 is 42.1 Å². The maximum atomic E-state index is 4.30. The van der Waals surface area contributed by atoms with Crippen LogP contribution in [0.25, 0.3) is 5.32 Å². The van der Waals surface area contributed by atoms with Gasteiger partial charge in [0.15, 0.2) is 0 Å². The molecule has 0 fully saturated rings. The molecule has 1 aliphatic rings. The summed E-state index contributed by atoms with van der Waals surface area (Å²) in [5, 5.41) is 6.46. The van der Waals surface area contributed by atoms with Crippen LogP contribution in [0.5, 0.6) is 0 Å². The molecule has 60 valence electrons. The van der Waals surface area contributed by atoms with Crippen LogP contribution in [0.4, 0.5) is 0 Å². The summed E-state index contributed by atoms with van der Waals surface area (Å²) in [4.78, 5) is 1.47. The second-order valence-corrected chi connectivity index (χ2v) is 3.23. The normalized spacial score (nSPS) is 14.2. The van der Waals surface area contributed by atoms with Crippen LogP contribution in [0.3, 0.4) is 0 Å². The van der Waals surface area contributed by atoms with Crippen molar-refractivity contribution in [3.8, 4) is 0 Å². The summed E-state index contributed by atoms with van der Waals surface area (Å²) in [6.45, 7) is 2.00. The third-order valence-corrected chi connectivity index (χ3v) is 2.58. The zero-order chi connectivity index (χ0) is 6.10. The summed E-state index contributed by atoms with van der Waals surface area (Å²) in [5.74, 6) is 0. The first kappa shape index (κ1) is 12.0. The topological polar surface area (TPSA) is 14.1 Å². The molecule has 0 N–H and O–H groups in total. The van der Waals surface area contributed by atoms with Crippen molar-refractivity contribution in [3.63, 3.8) is 0 Å². The van der Waals surface area contributed by atoms with Crippen LogP contribution in [-0.4, -0.2) is 6.54 Å². The smallest absolute Gasteiger partial charge is 0 e. The number of hydrogen-bond acceptors (Lipinski definition) is 1. The molecule has 0 atom stereocenters. The molecule has 0 amide bonds. The Morgan fingerprint density at radius 2 is 2.18 bits per heavy atom. The third kappa shape index (κ3) is 2.77. The first-order chi connectivity index (χ1) is 4.47. The Kier molecular flexibility index (Phi) is 6.17. The maximum absolute atomic E-state index is 4.30. The van der Waals surface area contributed by atoms with Crippen LogP contribution in [-0.2, 0) is 55.1 Å². The van der Waals surface area contributed by atoms with Gasteiger partial charge in [-0.1, -0.05) is 0 Å². The fourth-order valence-corrected chi connectivity index (χ4v) is 1.99. The van der Waals surface area contributed by atoms with Gasteiger partial charge in [-0.2, -0.15) is 11.3 Å². The summed E-state index contributed by atoms with van der Waals surface area (Å²) in [5.41, 5.74) is 1.52. The van der Waals surface area contributed by atoms with E-state index >= 15 is 0 Å². The number of nitrogens with zero attached hydrogens (tertiary/aromatic N) is 1. The molecular formula is C7H8NSW2-. The van der Waals surface area contributed by atoms with Gasteiger partial charge in [0.25, 0.3) is 0 Å².